The summed E-state index contributed by atoms with van der Waals surface area (Å²) in [7, 11) is 0. The number of benzene rings is 2. The van der Waals surface area contributed by atoms with Crippen LogP contribution in [0.5, 0.6) is 0 Å². The maximum absolute atomic E-state index is 13.0. The number of halogens is 2. The zero-order valence-electron chi connectivity index (χ0n) is 10.6. The molecule has 0 heterocycles. The third kappa shape index (κ3) is 3.75. The summed E-state index contributed by atoms with van der Waals surface area (Å²) in [5.74, 6) is -2.88. The molecule has 0 saturated heterocycles. The Morgan fingerprint density at radius 3 is 2.19 bits per heavy atom. The van der Waals surface area contributed by atoms with Crippen molar-refractivity contribution < 1.29 is 23.5 Å². The fraction of sp³-hybridized carbons (Fsp3) is 0. The van der Waals surface area contributed by atoms with Crippen molar-refractivity contribution in [3.63, 3.8) is 0 Å². The van der Waals surface area contributed by atoms with Crippen LogP contribution in [0.4, 0.5) is 25.0 Å². The molecule has 0 saturated carbocycles. The van der Waals surface area contributed by atoms with Gasteiger partial charge in [0.25, 0.3) is 0 Å². The lowest BCUT2D eigenvalue weighted by Gasteiger charge is -2.10. The van der Waals surface area contributed by atoms with Crippen LogP contribution in [-0.4, -0.2) is 17.1 Å². The summed E-state index contributed by atoms with van der Waals surface area (Å²) < 4.78 is 26.0. The second kappa shape index (κ2) is 6.00. The van der Waals surface area contributed by atoms with Gasteiger partial charge >= 0.3 is 12.0 Å². The number of carbonyl (C=O) groups excluding carboxylic acids is 1. The molecule has 0 bridgehead atoms. The van der Waals surface area contributed by atoms with Crippen LogP contribution in [0.1, 0.15) is 10.4 Å². The summed E-state index contributed by atoms with van der Waals surface area (Å²) in [5.41, 5.74) is -0.116. The molecule has 0 unspecified atom stereocenters. The molecule has 108 valence electrons. The third-order valence-electron chi connectivity index (χ3n) is 2.53. The largest absolute Gasteiger partial charge is 0.478 e. The zero-order chi connectivity index (χ0) is 15.4. The molecule has 21 heavy (non-hydrogen) atoms. The topological polar surface area (TPSA) is 78.4 Å². The number of aromatic carboxylic acids is 1. The lowest BCUT2D eigenvalue weighted by Crippen LogP contribution is -2.21. The third-order valence-corrected chi connectivity index (χ3v) is 2.53. The molecule has 0 atom stereocenters. The Morgan fingerprint density at radius 2 is 1.57 bits per heavy atom. The number of carbonyl (C=O) groups is 2. The number of hydrogen-bond acceptors (Lipinski definition) is 2. The Balaban J connectivity index is 2.14. The summed E-state index contributed by atoms with van der Waals surface area (Å²) in [5, 5.41) is 13.5. The molecule has 0 aliphatic rings. The van der Waals surface area contributed by atoms with E-state index in [4.69, 9.17) is 5.11 Å². The van der Waals surface area contributed by atoms with Gasteiger partial charge in [-0.2, -0.15) is 0 Å². The van der Waals surface area contributed by atoms with E-state index in [0.29, 0.717) is 6.07 Å². The lowest BCUT2D eigenvalue weighted by atomic mass is 10.2. The molecular formula is C14H10F2N2O3. The predicted molar refractivity (Wildman–Crippen MR) is 72.4 cm³/mol. The van der Waals surface area contributed by atoms with Crippen LogP contribution < -0.4 is 10.6 Å². The van der Waals surface area contributed by atoms with Crippen molar-refractivity contribution in [3.05, 3.63) is 59.7 Å². The molecule has 3 N–H and O–H groups in total. The van der Waals surface area contributed by atoms with Crippen molar-refractivity contribution in [3.8, 4) is 0 Å². The molecule has 0 aromatic heterocycles. The highest BCUT2D eigenvalue weighted by Crippen LogP contribution is 2.16. The quantitative estimate of drug-likeness (QED) is 0.812. The first kappa shape index (κ1) is 14.4. The molecular weight excluding hydrogens is 282 g/mol. The minimum atomic E-state index is -1.21. The van der Waals surface area contributed by atoms with E-state index in [-0.39, 0.29) is 16.9 Å². The fourth-order valence-electron chi connectivity index (χ4n) is 1.69. The van der Waals surface area contributed by atoms with E-state index < -0.39 is 23.6 Å². The number of urea groups is 1. The Morgan fingerprint density at radius 1 is 0.952 bits per heavy atom. The number of amides is 2. The molecule has 0 fully saturated rings. The van der Waals surface area contributed by atoms with Crippen molar-refractivity contribution in [1.82, 2.24) is 0 Å². The standard InChI is InChI=1S/C14H10F2N2O3/c15-8-5-9(16)7-10(6-8)17-14(21)18-12-4-2-1-3-11(12)13(19)20/h1-7H,(H,19,20)(H2,17,18,21). The number of anilines is 2. The maximum Gasteiger partial charge on any atom is 0.337 e. The summed E-state index contributed by atoms with van der Waals surface area (Å²) in [6.45, 7) is 0. The molecule has 2 aromatic carbocycles. The SMILES string of the molecule is O=C(Nc1cc(F)cc(F)c1)Nc1ccccc1C(=O)O. The fourth-order valence-corrected chi connectivity index (χ4v) is 1.69. The average molecular weight is 292 g/mol. The summed E-state index contributed by atoms with van der Waals surface area (Å²) in [6.07, 6.45) is 0. The average Bonchev–Trinajstić information content (AvgIpc) is 2.37. The molecule has 0 radical (unpaired) electrons. The van der Waals surface area contributed by atoms with E-state index in [9.17, 15) is 18.4 Å². The van der Waals surface area contributed by atoms with Gasteiger partial charge in [0.1, 0.15) is 11.6 Å². The number of para-hydroxylation sites is 1. The smallest absolute Gasteiger partial charge is 0.337 e. The van der Waals surface area contributed by atoms with Crippen LogP contribution in [0, 0.1) is 11.6 Å². The first-order valence-corrected chi connectivity index (χ1v) is 5.82. The van der Waals surface area contributed by atoms with Gasteiger partial charge in [-0.25, -0.2) is 18.4 Å². The van der Waals surface area contributed by atoms with Gasteiger partial charge in [-0.1, -0.05) is 12.1 Å². The maximum atomic E-state index is 13.0. The van der Waals surface area contributed by atoms with E-state index in [2.05, 4.69) is 10.6 Å². The van der Waals surface area contributed by atoms with Crippen LogP contribution in [0.2, 0.25) is 0 Å². The highest BCUT2D eigenvalue weighted by molar-refractivity contribution is 6.04. The van der Waals surface area contributed by atoms with Crippen LogP contribution in [0.15, 0.2) is 42.5 Å². The van der Waals surface area contributed by atoms with Gasteiger partial charge in [-0.05, 0) is 24.3 Å². The van der Waals surface area contributed by atoms with Crippen LogP contribution in [0.25, 0.3) is 0 Å². The van der Waals surface area contributed by atoms with E-state index in [1.807, 2.05) is 0 Å². The van der Waals surface area contributed by atoms with Gasteiger partial charge in [0.15, 0.2) is 0 Å². The molecule has 2 aromatic rings. The van der Waals surface area contributed by atoms with Gasteiger partial charge in [0.05, 0.1) is 11.3 Å². The Labute approximate surface area is 118 Å². The van der Waals surface area contributed by atoms with Crippen molar-refractivity contribution >= 4 is 23.4 Å². The van der Waals surface area contributed by atoms with Gasteiger partial charge in [-0.15, -0.1) is 0 Å². The second-order valence-corrected chi connectivity index (χ2v) is 4.09. The normalized spacial score (nSPS) is 10.0. The predicted octanol–water partition coefficient (Wildman–Crippen LogP) is 3.31. The first-order chi connectivity index (χ1) is 9.95. The number of hydrogen-bond donors (Lipinski definition) is 3. The van der Waals surface area contributed by atoms with Crippen LogP contribution in [0.3, 0.4) is 0 Å². The highest BCUT2D eigenvalue weighted by Gasteiger charge is 2.12. The number of carboxylic acids is 1. The van der Waals surface area contributed by atoms with Crippen molar-refractivity contribution in [2.24, 2.45) is 0 Å². The van der Waals surface area contributed by atoms with Crippen LogP contribution in [-0.2, 0) is 0 Å². The Kier molecular flexibility index (Phi) is 4.13. The van der Waals surface area contributed by atoms with Crippen LogP contribution >= 0.6 is 0 Å². The molecule has 0 spiro atoms. The molecule has 5 nitrogen and oxygen atoms in total. The van der Waals surface area contributed by atoms with E-state index >= 15 is 0 Å². The summed E-state index contributed by atoms with van der Waals surface area (Å²) >= 11 is 0. The van der Waals surface area contributed by atoms with E-state index in [1.165, 1.54) is 18.2 Å². The number of nitrogens with one attached hydrogen (secondary N) is 2. The Hall–Kier alpha value is -2.96. The van der Waals surface area contributed by atoms with Gasteiger partial charge in [0.2, 0.25) is 0 Å². The number of carboxylic acid groups (broad SMARTS) is 1. The highest BCUT2D eigenvalue weighted by atomic mass is 19.1. The van der Waals surface area contributed by atoms with E-state index in [0.717, 1.165) is 12.1 Å². The monoisotopic (exact) mass is 292 g/mol. The molecule has 2 rings (SSSR count). The van der Waals surface area contributed by atoms with Crippen molar-refractivity contribution in [2.45, 2.75) is 0 Å². The van der Waals surface area contributed by atoms with Crippen molar-refractivity contribution in [2.75, 3.05) is 10.6 Å². The lowest BCUT2D eigenvalue weighted by molar-refractivity contribution is 0.0698. The minimum absolute atomic E-state index is 0.0689. The summed E-state index contributed by atoms with van der Waals surface area (Å²) in [4.78, 5) is 22.7. The molecule has 0 aliphatic heterocycles. The van der Waals surface area contributed by atoms with E-state index in [1.54, 1.807) is 6.07 Å². The van der Waals surface area contributed by atoms with Gasteiger partial charge in [0, 0.05) is 11.8 Å². The molecule has 7 heteroatoms. The Bertz CT molecular complexity index is 684. The second-order valence-electron chi connectivity index (χ2n) is 4.09. The summed E-state index contributed by atoms with van der Waals surface area (Å²) in [6, 6.07) is 7.50. The van der Waals surface area contributed by atoms with Crippen molar-refractivity contribution in [1.29, 1.82) is 0 Å². The minimum Gasteiger partial charge on any atom is -0.478 e. The first-order valence-electron chi connectivity index (χ1n) is 5.82. The van der Waals surface area contributed by atoms with Gasteiger partial charge in [-0.3, -0.25) is 0 Å². The van der Waals surface area contributed by atoms with Gasteiger partial charge < -0.3 is 15.7 Å². The number of rotatable bonds is 3. The molecule has 2 amide bonds. The molecule has 0 aliphatic carbocycles. The zero-order valence-corrected chi connectivity index (χ0v) is 10.6.